The summed E-state index contributed by atoms with van der Waals surface area (Å²) in [7, 11) is 7.80. The van der Waals surface area contributed by atoms with E-state index in [1.54, 1.807) is 27.4 Å². The number of ketones is 1. The fourth-order valence-electron chi connectivity index (χ4n) is 6.25. The number of allylic oxidation sites excluding steroid dienone is 3. The quantitative estimate of drug-likeness (QED) is 0.307. The van der Waals surface area contributed by atoms with Crippen molar-refractivity contribution in [2.24, 2.45) is 0 Å². The number of methoxy groups -OCH3 is 5. The van der Waals surface area contributed by atoms with E-state index in [0.29, 0.717) is 63.3 Å². The zero-order valence-corrected chi connectivity index (χ0v) is 26.1. The van der Waals surface area contributed by atoms with Crippen molar-refractivity contribution in [3.05, 3.63) is 93.8 Å². The van der Waals surface area contributed by atoms with Gasteiger partial charge in [0.15, 0.2) is 28.8 Å². The van der Waals surface area contributed by atoms with Gasteiger partial charge in [-0.15, -0.1) is 0 Å². The first-order valence-corrected chi connectivity index (χ1v) is 14.4. The van der Waals surface area contributed by atoms with Gasteiger partial charge in [-0.05, 0) is 61.6 Å². The van der Waals surface area contributed by atoms with Crippen LogP contribution in [0.4, 0.5) is 5.69 Å². The maximum absolute atomic E-state index is 14.2. The number of hydrogen-bond acceptors (Lipinski definition) is 8. The number of carbonyl (C=O) groups excluding carboxylic acids is 2. The lowest BCUT2D eigenvalue weighted by Gasteiger charge is -2.37. The average molecular weight is 599 g/mol. The molecule has 0 bridgehead atoms. The van der Waals surface area contributed by atoms with E-state index in [9.17, 15) is 9.59 Å². The van der Waals surface area contributed by atoms with Crippen LogP contribution in [0.1, 0.15) is 48.3 Å². The van der Waals surface area contributed by atoms with Crippen molar-refractivity contribution in [2.45, 2.75) is 38.5 Å². The molecule has 2 aliphatic rings. The average Bonchev–Trinajstić information content (AvgIpc) is 3.03. The lowest BCUT2D eigenvalue weighted by molar-refractivity contribution is -0.116. The molecule has 1 aliphatic carbocycles. The monoisotopic (exact) mass is 598 g/mol. The molecule has 2 atom stereocenters. The van der Waals surface area contributed by atoms with E-state index in [0.717, 1.165) is 16.8 Å². The van der Waals surface area contributed by atoms with Gasteiger partial charge in [-0.2, -0.15) is 0 Å². The summed E-state index contributed by atoms with van der Waals surface area (Å²) in [6.45, 7) is 3.80. The van der Waals surface area contributed by atoms with E-state index in [2.05, 4.69) is 10.6 Å². The summed E-state index contributed by atoms with van der Waals surface area (Å²) in [5.41, 5.74) is 5.60. The van der Waals surface area contributed by atoms with E-state index < -0.39 is 5.92 Å². The number of nitrogens with one attached hydrogen (secondary N) is 2. The maximum Gasteiger partial charge on any atom is 0.254 e. The number of rotatable bonds is 9. The van der Waals surface area contributed by atoms with Crippen LogP contribution in [0, 0.1) is 6.92 Å². The Labute approximate surface area is 257 Å². The standard InChI is InChI=1S/C35H38N2O7/c1-19-10-8-9-11-24(19)37-35(39)30-20(2)36-25-16-22(21-12-14-27(40-3)29(18-21)42-5)17-26(38)32(25)31(30)23-13-15-28(41-4)34(44-7)33(23)43-6/h8-15,18,22,31,36H,16-17H2,1-7H3,(H,37,39)/t22-,31+/m1/s1. The zero-order chi connectivity index (χ0) is 31.5. The van der Waals surface area contributed by atoms with Crippen LogP contribution in [0.15, 0.2) is 77.1 Å². The Morgan fingerprint density at radius 1 is 0.795 bits per heavy atom. The summed E-state index contributed by atoms with van der Waals surface area (Å²) < 4.78 is 28.0. The molecule has 1 aliphatic heterocycles. The predicted molar refractivity (Wildman–Crippen MR) is 168 cm³/mol. The van der Waals surface area contributed by atoms with Crippen molar-refractivity contribution in [2.75, 3.05) is 40.9 Å². The van der Waals surface area contributed by atoms with Crippen LogP contribution >= 0.6 is 0 Å². The molecule has 0 unspecified atom stereocenters. The third-order valence-electron chi connectivity index (χ3n) is 8.39. The van der Waals surface area contributed by atoms with Gasteiger partial charge in [0.25, 0.3) is 5.91 Å². The lowest BCUT2D eigenvalue weighted by atomic mass is 9.71. The summed E-state index contributed by atoms with van der Waals surface area (Å²) in [5.74, 6) is 1.30. The molecule has 1 heterocycles. The Morgan fingerprint density at radius 2 is 1.48 bits per heavy atom. The van der Waals surface area contributed by atoms with E-state index in [4.69, 9.17) is 23.7 Å². The largest absolute Gasteiger partial charge is 0.493 e. The predicted octanol–water partition coefficient (Wildman–Crippen LogP) is 6.04. The minimum atomic E-state index is -0.719. The van der Waals surface area contributed by atoms with Crippen LogP contribution in [-0.4, -0.2) is 47.2 Å². The molecule has 5 rings (SSSR count). The molecular formula is C35H38N2O7. The summed E-state index contributed by atoms with van der Waals surface area (Å²) in [6.07, 6.45) is 0.820. The number of aryl methyl sites for hydroxylation is 1. The Bertz CT molecular complexity index is 1670. The first-order valence-electron chi connectivity index (χ1n) is 14.4. The maximum atomic E-state index is 14.2. The first kappa shape index (κ1) is 30.5. The van der Waals surface area contributed by atoms with Crippen molar-refractivity contribution in [3.63, 3.8) is 0 Å². The number of benzene rings is 3. The molecule has 0 aromatic heterocycles. The number of dihydropyridines is 1. The number of ether oxygens (including phenoxy) is 5. The number of carbonyl (C=O) groups is 2. The molecule has 0 saturated carbocycles. The van der Waals surface area contributed by atoms with E-state index in [-0.39, 0.29) is 24.0 Å². The number of amides is 1. The summed E-state index contributed by atoms with van der Waals surface area (Å²) >= 11 is 0. The van der Waals surface area contributed by atoms with Crippen LogP contribution < -0.4 is 34.3 Å². The van der Waals surface area contributed by atoms with Crippen LogP contribution in [0.5, 0.6) is 28.7 Å². The highest BCUT2D eigenvalue weighted by Crippen LogP contribution is 2.51. The molecular weight excluding hydrogens is 560 g/mol. The smallest absolute Gasteiger partial charge is 0.254 e. The first-order chi connectivity index (χ1) is 21.3. The van der Waals surface area contributed by atoms with Crippen molar-refractivity contribution in [1.29, 1.82) is 0 Å². The fraction of sp³-hybridized carbons (Fsp3) is 0.314. The second kappa shape index (κ2) is 12.8. The number of para-hydroxylation sites is 1. The highest BCUT2D eigenvalue weighted by Gasteiger charge is 2.43. The molecule has 44 heavy (non-hydrogen) atoms. The minimum Gasteiger partial charge on any atom is -0.493 e. The minimum absolute atomic E-state index is 0.0611. The van der Waals surface area contributed by atoms with Crippen molar-refractivity contribution in [3.8, 4) is 28.7 Å². The van der Waals surface area contributed by atoms with Crippen molar-refractivity contribution in [1.82, 2.24) is 5.32 Å². The normalized spacial score (nSPS) is 17.8. The van der Waals surface area contributed by atoms with Gasteiger partial charge in [0.05, 0.1) is 41.5 Å². The molecule has 0 saturated heterocycles. The Morgan fingerprint density at radius 3 is 2.14 bits per heavy atom. The third-order valence-corrected chi connectivity index (χ3v) is 8.39. The third kappa shape index (κ3) is 5.45. The lowest BCUT2D eigenvalue weighted by Crippen LogP contribution is -2.37. The molecule has 3 aromatic carbocycles. The molecule has 0 spiro atoms. The molecule has 0 radical (unpaired) electrons. The molecule has 9 nitrogen and oxygen atoms in total. The Balaban J connectivity index is 1.65. The zero-order valence-electron chi connectivity index (χ0n) is 26.1. The molecule has 9 heteroatoms. The van der Waals surface area contributed by atoms with Crippen molar-refractivity contribution >= 4 is 17.4 Å². The van der Waals surface area contributed by atoms with Gasteiger partial charge in [0.1, 0.15) is 0 Å². The van der Waals surface area contributed by atoms with Gasteiger partial charge in [0.2, 0.25) is 5.75 Å². The topological polar surface area (TPSA) is 104 Å². The van der Waals surface area contributed by atoms with Crippen LogP contribution in [-0.2, 0) is 9.59 Å². The molecule has 230 valence electrons. The van der Waals surface area contributed by atoms with Gasteiger partial charge in [-0.1, -0.05) is 30.3 Å². The summed E-state index contributed by atoms with van der Waals surface area (Å²) in [6, 6.07) is 16.9. The van der Waals surface area contributed by atoms with E-state index in [1.807, 2.05) is 62.4 Å². The molecule has 0 fully saturated rings. The molecule has 1 amide bonds. The summed E-state index contributed by atoms with van der Waals surface area (Å²) in [5, 5.41) is 6.52. The number of hydrogen-bond donors (Lipinski definition) is 2. The van der Waals surface area contributed by atoms with Crippen LogP contribution in [0.2, 0.25) is 0 Å². The second-order valence-corrected chi connectivity index (χ2v) is 10.8. The van der Waals surface area contributed by atoms with Gasteiger partial charge >= 0.3 is 0 Å². The van der Waals surface area contributed by atoms with E-state index >= 15 is 0 Å². The van der Waals surface area contributed by atoms with Gasteiger partial charge in [-0.25, -0.2) is 0 Å². The van der Waals surface area contributed by atoms with Crippen LogP contribution in [0.3, 0.4) is 0 Å². The SMILES string of the molecule is COc1ccc([C@H]2CC(=O)C3=C(C2)NC(C)=C(C(=O)Nc2ccccc2C)[C@@H]3c2ccc(OC)c(OC)c2OC)cc1OC. The van der Waals surface area contributed by atoms with Gasteiger partial charge in [0, 0.05) is 40.2 Å². The van der Waals surface area contributed by atoms with Gasteiger partial charge < -0.3 is 34.3 Å². The van der Waals surface area contributed by atoms with Crippen molar-refractivity contribution < 1.29 is 33.3 Å². The number of anilines is 1. The Hall–Kier alpha value is -4.92. The fourth-order valence-corrected chi connectivity index (χ4v) is 6.25. The molecule has 2 N–H and O–H groups in total. The molecule has 3 aromatic rings. The number of Topliss-reactive ketones (excluding diaryl/α,β-unsaturated/α-hetero) is 1. The van der Waals surface area contributed by atoms with Gasteiger partial charge in [-0.3, -0.25) is 9.59 Å². The summed E-state index contributed by atoms with van der Waals surface area (Å²) in [4.78, 5) is 28.4. The second-order valence-electron chi connectivity index (χ2n) is 10.8. The highest BCUT2D eigenvalue weighted by atomic mass is 16.5. The van der Waals surface area contributed by atoms with E-state index in [1.165, 1.54) is 14.2 Å². The van der Waals surface area contributed by atoms with Crippen LogP contribution in [0.25, 0.3) is 0 Å². The Kier molecular flexibility index (Phi) is 8.85. The highest BCUT2D eigenvalue weighted by molar-refractivity contribution is 6.10.